The Hall–Kier alpha value is -7.43. The molecule has 0 saturated carbocycles. The second-order valence-corrected chi connectivity index (χ2v) is 24.1. The van der Waals surface area contributed by atoms with Crippen LogP contribution in [0.25, 0.3) is 0 Å². The van der Waals surface area contributed by atoms with E-state index in [1.165, 1.54) is 41.5 Å². The third-order valence-corrected chi connectivity index (χ3v) is 14.7. The van der Waals surface area contributed by atoms with Gasteiger partial charge in [-0.1, -0.05) is 121 Å². The first-order valence-electron chi connectivity index (χ1n) is 27.8. The molecule has 1 aliphatic heterocycles. The number of hydrogen-bond donors (Lipinski definition) is 5. The molecule has 15 heteroatoms. The fourth-order valence-corrected chi connectivity index (χ4v) is 11.1. The molecule has 3 aliphatic rings. The first kappa shape index (κ1) is 63.7. The minimum atomic E-state index is -0.961. The first-order chi connectivity index (χ1) is 38.3. The van der Waals surface area contributed by atoms with Gasteiger partial charge >= 0.3 is 0 Å². The van der Waals surface area contributed by atoms with E-state index < -0.39 is 47.2 Å². The van der Waals surface area contributed by atoms with E-state index in [-0.39, 0.29) is 78.9 Å². The zero-order valence-electron chi connectivity index (χ0n) is 48.5. The molecule has 82 heavy (non-hydrogen) atoms. The maximum Gasteiger partial charge on any atom is 0.252 e. The highest BCUT2D eigenvalue weighted by molar-refractivity contribution is 5.96. The molecule has 1 fully saturated rings. The Balaban J connectivity index is 0.000000248. The van der Waals surface area contributed by atoms with Crippen molar-refractivity contribution >= 4 is 29.9 Å². The fraction of sp³-hybridized carbons (Fsp3) is 0.388. The number of amides is 4. The molecule has 2 unspecified atom stereocenters. The Bertz CT molecular complexity index is 3170. The molecule has 0 aromatic heterocycles. The third-order valence-electron chi connectivity index (χ3n) is 14.7. The molecule has 0 bridgehead atoms. The van der Waals surface area contributed by atoms with Crippen molar-refractivity contribution in [1.82, 2.24) is 20.9 Å². The van der Waals surface area contributed by atoms with Gasteiger partial charge in [0.15, 0.2) is 0 Å². The quantitative estimate of drug-likeness (QED) is 0.0624. The smallest absolute Gasteiger partial charge is 0.252 e. The molecule has 1 heterocycles. The topological polar surface area (TPSA) is 206 Å². The lowest BCUT2D eigenvalue weighted by Gasteiger charge is -2.36. The molecule has 0 radical (unpaired) electrons. The standard InChI is InChI=1S/C32H37FN2O4.C23H25NO3.C12H16FNO.H2O.H2/c1-32(2,3)35-31(39)27-19-24(33)14-13-22(27)16-25(36)17-23(15-20-9-5-4-6-10-20)30(38)34-29-26-12-8-7-11-21(26)18-28(29)37;1-23(2)24(21-19-11-7-6-10-17(19)15-20(21)27-23)22(26)18(12-13-25)14-16-8-4-3-5-9-16;1-8-5-6-9(13)7-10(8)11(15)14-12(2,3)4;;/h4-14,19,23,25,28-29,36-37H,15-18H2,1-3H3,(H,34,38)(H,35,39);3-11,13,18,20-21H,12,14-15H2,1-2H3;5-7H,1-4H3,(H,14,15);1H2;1H/t23-,25?,28-,29+;18-,20+,21?;;;/m10.../s1. The summed E-state index contributed by atoms with van der Waals surface area (Å²) in [7, 11) is 0. The molecule has 13 nitrogen and oxygen atoms in total. The summed E-state index contributed by atoms with van der Waals surface area (Å²) in [6.45, 7) is 16.9. The summed E-state index contributed by atoms with van der Waals surface area (Å²) in [6.07, 6.45) is 1.84. The Morgan fingerprint density at radius 2 is 1.20 bits per heavy atom. The van der Waals surface area contributed by atoms with Gasteiger partial charge in [0.05, 0.1) is 30.4 Å². The lowest BCUT2D eigenvalue weighted by Crippen LogP contribution is -2.48. The average Bonchev–Trinajstić information content (AvgIpc) is 1.86. The number of hydrogen-bond acceptors (Lipinski definition) is 8. The lowest BCUT2D eigenvalue weighted by molar-refractivity contribution is -0.153. The van der Waals surface area contributed by atoms with Crippen LogP contribution in [0, 0.1) is 30.4 Å². The highest BCUT2D eigenvalue weighted by atomic mass is 19.1. The number of rotatable bonds is 15. The lowest BCUT2D eigenvalue weighted by atomic mass is 9.89. The molecular formula is C67H82F2N4O9. The molecule has 7 N–H and O–H groups in total. The molecule has 0 spiro atoms. The Morgan fingerprint density at radius 1 is 0.695 bits per heavy atom. The number of carbonyl (C=O) groups excluding carboxylic acids is 5. The molecule has 2 aliphatic carbocycles. The maximum absolute atomic E-state index is 14.1. The monoisotopic (exact) mass is 1120 g/mol. The second kappa shape index (κ2) is 27.6. The van der Waals surface area contributed by atoms with E-state index in [1.54, 1.807) is 13.0 Å². The highest BCUT2D eigenvalue weighted by Crippen LogP contribution is 2.49. The van der Waals surface area contributed by atoms with Gasteiger partial charge in [-0.2, -0.15) is 0 Å². The summed E-state index contributed by atoms with van der Waals surface area (Å²) in [5.74, 6) is -2.81. The van der Waals surface area contributed by atoms with E-state index in [4.69, 9.17) is 4.74 Å². The van der Waals surface area contributed by atoms with Crippen LogP contribution < -0.4 is 16.0 Å². The van der Waals surface area contributed by atoms with Crippen molar-refractivity contribution in [3.63, 3.8) is 0 Å². The predicted molar refractivity (Wildman–Crippen MR) is 316 cm³/mol. The summed E-state index contributed by atoms with van der Waals surface area (Å²) in [6, 6.07) is 42.9. The number of halogens is 2. The molecule has 4 amide bonds. The SMILES string of the molecule is CC(C)(C)NC(=O)c1cc(F)ccc1CC(O)C[C@@H](Cc1ccccc1)C(=O)N[C@H]1c2ccccc2C[C@H]1O.CC1(C)O[C@@H]2Cc3ccccc3C2N1C(=O)[C@@H](CC=O)Cc1ccccc1.Cc1ccc(F)cc1C(=O)NC(C)(C)C.O.[HH]. The van der Waals surface area contributed by atoms with Gasteiger partial charge in [0.2, 0.25) is 11.8 Å². The van der Waals surface area contributed by atoms with Gasteiger partial charge < -0.3 is 46.1 Å². The van der Waals surface area contributed by atoms with Crippen molar-refractivity contribution in [1.29, 1.82) is 0 Å². The Labute approximate surface area is 482 Å². The maximum atomic E-state index is 14.1. The minimum absolute atomic E-state index is 0. The number of carbonyl (C=O) groups is 5. The van der Waals surface area contributed by atoms with Crippen molar-refractivity contribution in [2.75, 3.05) is 0 Å². The zero-order chi connectivity index (χ0) is 58.8. The van der Waals surface area contributed by atoms with Gasteiger partial charge in [0.25, 0.3) is 11.8 Å². The van der Waals surface area contributed by atoms with E-state index in [0.29, 0.717) is 30.4 Å². The summed E-state index contributed by atoms with van der Waals surface area (Å²) in [4.78, 5) is 65.0. The molecule has 9 rings (SSSR count). The van der Waals surface area contributed by atoms with E-state index in [1.807, 2.05) is 157 Å². The van der Waals surface area contributed by atoms with E-state index in [2.05, 4.69) is 28.1 Å². The summed E-state index contributed by atoms with van der Waals surface area (Å²) in [5.41, 5.74) is 6.68. The number of nitrogens with one attached hydrogen (secondary N) is 3. The number of ether oxygens (including phenoxy) is 1. The number of fused-ring (bicyclic) bond motifs is 4. The minimum Gasteiger partial charge on any atom is -0.412 e. The van der Waals surface area contributed by atoms with Crippen molar-refractivity contribution in [3.8, 4) is 0 Å². The largest absolute Gasteiger partial charge is 0.412 e. The van der Waals surface area contributed by atoms with Gasteiger partial charge in [0.1, 0.15) is 23.6 Å². The summed E-state index contributed by atoms with van der Waals surface area (Å²) in [5, 5.41) is 30.5. The number of aryl methyl sites for hydroxylation is 1. The predicted octanol–water partition coefficient (Wildman–Crippen LogP) is 10.1. The highest BCUT2D eigenvalue weighted by Gasteiger charge is 2.54. The Morgan fingerprint density at radius 3 is 1.77 bits per heavy atom. The van der Waals surface area contributed by atoms with Gasteiger partial charge in [0, 0.05) is 54.7 Å². The molecular weight excluding hydrogens is 1040 g/mol. The summed E-state index contributed by atoms with van der Waals surface area (Å²) < 4.78 is 33.3. The number of aldehydes is 1. The molecule has 438 valence electrons. The van der Waals surface area contributed by atoms with Crippen LogP contribution in [0.1, 0.15) is 147 Å². The normalized spacial score (nSPS) is 18.5. The number of aliphatic hydroxyl groups excluding tert-OH is 2. The van der Waals surface area contributed by atoms with Crippen LogP contribution in [-0.4, -0.2) is 85.6 Å². The average molecular weight is 1130 g/mol. The van der Waals surface area contributed by atoms with Crippen LogP contribution in [0.4, 0.5) is 8.78 Å². The van der Waals surface area contributed by atoms with Gasteiger partial charge in [-0.25, -0.2) is 8.78 Å². The zero-order valence-corrected chi connectivity index (χ0v) is 48.5. The molecule has 1 saturated heterocycles. The van der Waals surface area contributed by atoms with E-state index >= 15 is 0 Å². The first-order valence-corrected chi connectivity index (χ1v) is 27.8. The molecule has 7 atom stereocenters. The van der Waals surface area contributed by atoms with Crippen molar-refractivity contribution in [3.05, 3.63) is 213 Å². The molecule has 6 aromatic rings. The van der Waals surface area contributed by atoms with Gasteiger partial charge in [-0.15, -0.1) is 0 Å². The Kier molecular flexibility index (Phi) is 21.4. The van der Waals surface area contributed by atoms with Crippen LogP contribution >= 0.6 is 0 Å². The number of nitrogens with zero attached hydrogens (tertiary/aromatic N) is 1. The van der Waals surface area contributed by atoms with Crippen molar-refractivity contribution < 1.29 is 54.6 Å². The van der Waals surface area contributed by atoms with E-state index in [0.717, 1.165) is 40.5 Å². The van der Waals surface area contributed by atoms with Crippen molar-refractivity contribution in [2.24, 2.45) is 11.8 Å². The van der Waals surface area contributed by atoms with Crippen LogP contribution in [0.2, 0.25) is 0 Å². The van der Waals surface area contributed by atoms with Gasteiger partial charge in [-0.05, 0) is 157 Å². The summed E-state index contributed by atoms with van der Waals surface area (Å²) >= 11 is 0. The molecule has 6 aromatic carbocycles. The van der Waals surface area contributed by atoms with Gasteiger partial charge in [-0.3, -0.25) is 19.2 Å². The number of benzene rings is 6. The van der Waals surface area contributed by atoms with Crippen molar-refractivity contribution in [2.45, 2.75) is 154 Å². The van der Waals surface area contributed by atoms with E-state index in [9.17, 15) is 43.0 Å². The van der Waals surface area contributed by atoms with Crippen LogP contribution in [0.5, 0.6) is 0 Å². The number of aliphatic hydroxyl groups is 2. The van der Waals surface area contributed by atoms with Crippen LogP contribution in [0.15, 0.2) is 146 Å². The van der Waals surface area contributed by atoms with Crippen LogP contribution in [-0.2, 0) is 51.2 Å². The second-order valence-electron chi connectivity index (χ2n) is 24.1. The fourth-order valence-electron chi connectivity index (χ4n) is 11.1. The van der Waals surface area contributed by atoms with Crippen LogP contribution in [0.3, 0.4) is 0 Å². The third kappa shape index (κ3) is 16.8.